The summed E-state index contributed by atoms with van der Waals surface area (Å²) in [5.41, 5.74) is 4.98. The Morgan fingerprint density at radius 2 is 1.74 bits per heavy atom. The van der Waals surface area contributed by atoms with E-state index in [4.69, 9.17) is 21.1 Å². The predicted octanol–water partition coefficient (Wildman–Crippen LogP) is -4.18. The maximum absolute atomic E-state index is 11.2. The van der Waals surface area contributed by atoms with Crippen molar-refractivity contribution in [2.45, 2.75) is 24.4 Å². The minimum absolute atomic E-state index is 0.327. The molecule has 7 N–H and O–H groups in total. The van der Waals surface area contributed by atoms with E-state index in [0.717, 1.165) is 0 Å². The number of hydrogen-bond acceptors (Lipinski definition) is 9. The Hall–Kier alpha value is -0.820. The second kappa shape index (κ2) is 7.69. The highest BCUT2D eigenvalue weighted by Crippen LogP contribution is 2.12. The molecule has 0 heterocycles. The average Bonchev–Trinajstić information content (AvgIpc) is 2.32. The largest absolute Gasteiger partial charge is 0.479 e. The molecule has 0 aromatic rings. The zero-order valence-corrected chi connectivity index (χ0v) is 10.6. The molecule has 0 aromatic heterocycles. The molecule has 0 rings (SSSR count). The molecular formula is C8H17NO9S. The van der Waals surface area contributed by atoms with E-state index in [1.807, 2.05) is 0 Å². The normalized spacial score (nSPS) is 18.6. The Morgan fingerprint density at radius 3 is 2.11 bits per heavy atom. The Bertz CT molecular complexity index is 384. The molecular weight excluding hydrogens is 286 g/mol. The molecule has 0 amide bonds. The van der Waals surface area contributed by atoms with Gasteiger partial charge in [-0.25, -0.2) is 4.79 Å². The number of aliphatic hydroxyl groups excluding tert-OH is 4. The van der Waals surface area contributed by atoms with Gasteiger partial charge in [0, 0.05) is 6.54 Å². The van der Waals surface area contributed by atoms with Crippen molar-refractivity contribution in [1.82, 2.24) is 0 Å². The first-order valence-electron chi connectivity index (χ1n) is 5.15. The Morgan fingerprint density at radius 1 is 1.21 bits per heavy atom. The highest BCUT2D eigenvalue weighted by Gasteiger charge is 2.39. The molecule has 0 aromatic carbocycles. The monoisotopic (exact) mass is 303 g/mol. The van der Waals surface area contributed by atoms with Crippen LogP contribution < -0.4 is 5.73 Å². The van der Waals surface area contributed by atoms with Crippen LogP contribution in [0.3, 0.4) is 0 Å². The van der Waals surface area contributed by atoms with E-state index in [0.29, 0.717) is 0 Å². The Labute approximate surface area is 109 Å². The van der Waals surface area contributed by atoms with E-state index < -0.39 is 52.9 Å². The first-order chi connectivity index (χ1) is 8.66. The van der Waals surface area contributed by atoms with Crippen LogP contribution >= 0.6 is 0 Å². The second-order valence-corrected chi connectivity index (χ2v) is 5.35. The van der Waals surface area contributed by atoms with Crippen LogP contribution in [-0.4, -0.2) is 83.2 Å². The van der Waals surface area contributed by atoms with Crippen LogP contribution in [0, 0.1) is 0 Å². The molecule has 11 heteroatoms. The summed E-state index contributed by atoms with van der Waals surface area (Å²) in [5, 5.41) is 45.1. The van der Waals surface area contributed by atoms with Crippen LogP contribution in [0.25, 0.3) is 0 Å². The molecule has 19 heavy (non-hydrogen) atoms. The lowest BCUT2D eigenvalue weighted by Crippen LogP contribution is -2.50. The maximum Gasteiger partial charge on any atom is 0.337 e. The molecule has 0 fully saturated rings. The van der Waals surface area contributed by atoms with Gasteiger partial charge in [0.15, 0.2) is 0 Å². The van der Waals surface area contributed by atoms with Crippen molar-refractivity contribution in [3.8, 4) is 0 Å². The number of nitrogens with two attached hydrogens (primary N) is 1. The molecule has 0 radical (unpaired) electrons. The molecule has 0 unspecified atom stereocenters. The first-order valence-corrected chi connectivity index (χ1v) is 6.73. The first kappa shape index (κ1) is 18.2. The Kier molecular flexibility index (Phi) is 7.36. The summed E-state index contributed by atoms with van der Waals surface area (Å²) in [6.07, 6.45) is -8.53. The fourth-order valence-electron chi connectivity index (χ4n) is 1.11. The topological polar surface area (TPSA) is 188 Å². The van der Waals surface area contributed by atoms with E-state index in [9.17, 15) is 23.4 Å². The van der Waals surface area contributed by atoms with E-state index >= 15 is 0 Å². The van der Waals surface area contributed by atoms with Gasteiger partial charge in [-0.1, -0.05) is 0 Å². The van der Waals surface area contributed by atoms with Gasteiger partial charge >= 0.3 is 5.97 Å². The zero-order chi connectivity index (χ0) is 15.2. The molecule has 114 valence electrons. The summed E-state index contributed by atoms with van der Waals surface area (Å²) in [4.78, 5) is 10.8. The van der Waals surface area contributed by atoms with Gasteiger partial charge in [-0.3, -0.25) is 4.18 Å². The molecule has 10 nitrogen and oxygen atoms in total. The Balaban J connectivity index is 4.98. The van der Waals surface area contributed by atoms with Gasteiger partial charge in [-0.05, 0) is 0 Å². The number of carboxylic acids is 1. The van der Waals surface area contributed by atoms with Crippen LogP contribution in [0.2, 0.25) is 0 Å². The summed E-state index contributed by atoms with van der Waals surface area (Å²) in [6.45, 7) is -1.29. The SMILES string of the molecule is NCCS(=O)(=O)O[C@@H](C(=O)O)[C@@H](O)[C@H](O)[C@H](O)CO. The van der Waals surface area contributed by atoms with Crippen molar-refractivity contribution >= 4 is 16.1 Å². The van der Waals surface area contributed by atoms with Crippen molar-refractivity contribution < 1.29 is 42.9 Å². The lowest BCUT2D eigenvalue weighted by Gasteiger charge is -2.25. The fraction of sp³-hybridized carbons (Fsp3) is 0.875. The molecule has 0 saturated heterocycles. The van der Waals surface area contributed by atoms with Gasteiger partial charge < -0.3 is 31.3 Å². The van der Waals surface area contributed by atoms with Gasteiger partial charge in [-0.2, -0.15) is 8.42 Å². The summed E-state index contributed by atoms with van der Waals surface area (Å²) in [5.74, 6) is -2.54. The standard InChI is InChI=1S/C8H17NO9S/c9-1-2-19(16,17)18-7(8(14)15)6(13)5(12)4(11)3-10/h4-7,10-13H,1-3,9H2,(H,14,15)/t4-,5-,6+,7-/m1/s1. The highest BCUT2D eigenvalue weighted by atomic mass is 32.2. The molecule has 0 saturated carbocycles. The van der Waals surface area contributed by atoms with Crippen molar-refractivity contribution in [2.75, 3.05) is 18.9 Å². The van der Waals surface area contributed by atoms with Crippen LogP contribution in [-0.2, 0) is 19.1 Å². The number of carboxylic acid groups (broad SMARTS) is 1. The molecule has 0 aliphatic rings. The lowest BCUT2D eigenvalue weighted by molar-refractivity contribution is -0.160. The molecule has 4 atom stereocenters. The number of rotatable bonds is 9. The summed E-state index contributed by atoms with van der Waals surface area (Å²) in [7, 11) is -4.31. The third kappa shape index (κ3) is 5.78. The minimum atomic E-state index is -4.31. The van der Waals surface area contributed by atoms with Crippen LogP contribution in [0.15, 0.2) is 0 Å². The van der Waals surface area contributed by atoms with Crippen molar-refractivity contribution in [1.29, 1.82) is 0 Å². The highest BCUT2D eigenvalue weighted by molar-refractivity contribution is 7.86. The van der Waals surface area contributed by atoms with E-state index in [2.05, 4.69) is 4.18 Å². The summed E-state index contributed by atoms with van der Waals surface area (Å²) >= 11 is 0. The van der Waals surface area contributed by atoms with Crippen LogP contribution in [0.5, 0.6) is 0 Å². The number of aliphatic carboxylic acids is 1. The average molecular weight is 303 g/mol. The molecule has 0 aliphatic heterocycles. The second-order valence-electron chi connectivity index (χ2n) is 3.64. The molecule has 0 spiro atoms. The van der Waals surface area contributed by atoms with Crippen molar-refractivity contribution in [3.63, 3.8) is 0 Å². The summed E-state index contributed by atoms with van der Waals surface area (Å²) < 4.78 is 26.7. The molecule has 0 aliphatic carbocycles. The van der Waals surface area contributed by atoms with Crippen molar-refractivity contribution in [2.24, 2.45) is 5.73 Å². The van der Waals surface area contributed by atoms with Gasteiger partial charge in [0.25, 0.3) is 10.1 Å². The van der Waals surface area contributed by atoms with Gasteiger partial charge in [-0.15, -0.1) is 0 Å². The maximum atomic E-state index is 11.2. The number of carbonyl (C=O) groups is 1. The van der Waals surface area contributed by atoms with E-state index in [1.54, 1.807) is 0 Å². The van der Waals surface area contributed by atoms with E-state index in [1.165, 1.54) is 0 Å². The van der Waals surface area contributed by atoms with Gasteiger partial charge in [0.05, 0.1) is 12.4 Å². The van der Waals surface area contributed by atoms with E-state index in [-0.39, 0.29) is 6.54 Å². The third-order valence-electron chi connectivity index (χ3n) is 2.10. The lowest BCUT2D eigenvalue weighted by atomic mass is 10.0. The van der Waals surface area contributed by atoms with Crippen molar-refractivity contribution in [3.05, 3.63) is 0 Å². The smallest absolute Gasteiger partial charge is 0.337 e. The van der Waals surface area contributed by atoms with Gasteiger partial charge in [0.2, 0.25) is 6.10 Å². The van der Waals surface area contributed by atoms with Crippen LogP contribution in [0.1, 0.15) is 0 Å². The fourth-order valence-corrected chi connectivity index (χ4v) is 2.01. The van der Waals surface area contributed by atoms with Crippen LogP contribution in [0.4, 0.5) is 0 Å². The predicted molar refractivity (Wildman–Crippen MR) is 60.5 cm³/mol. The minimum Gasteiger partial charge on any atom is -0.479 e. The van der Waals surface area contributed by atoms with Gasteiger partial charge in [0.1, 0.15) is 18.3 Å². The zero-order valence-electron chi connectivity index (χ0n) is 9.79. The molecule has 0 bridgehead atoms. The quantitative estimate of drug-likeness (QED) is 0.228. The number of hydrogen-bond donors (Lipinski definition) is 6. The third-order valence-corrected chi connectivity index (χ3v) is 3.34. The number of aliphatic hydroxyl groups is 4. The summed E-state index contributed by atoms with van der Waals surface area (Å²) in [6, 6.07) is 0.